The van der Waals surface area contributed by atoms with E-state index in [1.807, 2.05) is 4.90 Å². The van der Waals surface area contributed by atoms with E-state index in [0.717, 1.165) is 6.42 Å². The third-order valence-corrected chi connectivity index (χ3v) is 6.94. The fourth-order valence-electron chi connectivity index (χ4n) is 4.86. The van der Waals surface area contributed by atoms with Gasteiger partial charge >= 0.3 is 0 Å². The number of likely N-dealkylation sites (tertiary alicyclic amines) is 1. The summed E-state index contributed by atoms with van der Waals surface area (Å²) in [4.78, 5) is 14.7. The molecule has 26 heavy (non-hydrogen) atoms. The monoisotopic (exact) mass is 376 g/mol. The average molecular weight is 377 g/mol. The van der Waals surface area contributed by atoms with Crippen LogP contribution in [0.1, 0.15) is 61.5 Å². The van der Waals surface area contributed by atoms with Gasteiger partial charge in [-0.2, -0.15) is 0 Å². The number of carbonyl (C=O) groups is 1. The Morgan fingerprint density at radius 2 is 1.81 bits per heavy atom. The zero-order valence-corrected chi connectivity index (χ0v) is 16.2. The Morgan fingerprint density at radius 1 is 1.12 bits per heavy atom. The van der Waals surface area contributed by atoms with Crippen molar-refractivity contribution in [2.24, 2.45) is 5.92 Å². The Morgan fingerprint density at radius 3 is 2.50 bits per heavy atom. The molecule has 1 aromatic rings. The quantitative estimate of drug-likeness (QED) is 0.859. The van der Waals surface area contributed by atoms with Gasteiger partial charge in [0.15, 0.2) is 0 Å². The minimum absolute atomic E-state index is 0.0783. The van der Waals surface area contributed by atoms with Gasteiger partial charge in [0.2, 0.25) is 15.9 Å². The maximum Gasteiger partial charge on any atom is 0.226 e. The molecule has 3 atom stereocenters. The van der Waals surface area contributed by atoms with E-state index in [1.54, 1.807) is 0 Å². The molecule has 6 heteroatoms. The van der Waals surface area contributed by atoms with Crippen molar-refractivity contribution >= 4 is 15.9 Å². The molecule has 0 radical (unpaired) electrons. The lowest BCUT2D eigenvalue weighted by atomic mass is 9.90. The number of nitrogens with one attached hydrogen (secondary N) is 1. The van der Waals surface area contributed by atoms with Crippen LogP contribution in [0.4, 0.5) is 0 Å². The van der Waals surface area contributed by atoms with Crippen LogP contribution in [0.25, 0.3) is 0 Å². The molecule has 1 heterocycles. The number of nitrogens with zero attached hydrogens (tertiary/aromatic N) is 1. The molecule has 5 nitrogen and oxygen atoms in total. The summed E-state index contributed by atoms with van der Waals surface area (Å²) in [5, 5.41) is 0. The van der Waals surface area contributed by atoms with Crippen molar-refractivity contribution in [3.63, 3.8) is 0 Å². The van der Waals surface area contributed by atoms with E-state index >= 15 is 0 Å². The predicted molar refractivity (Wildman–Crippen MR) is 101 cm³/mol. The molecule has 2 saturated carbocycles. The van der Waals surface area contributed by atoms with Gasteiger partial charge in [-0.1, -0.05) is 37.1 Å². The molecular formula is C20H28N2O3S. The van der Waals surface area contributed by atoms with E-state index in [1.165, 1.54) is 43.1 Å². The summed E-state index contributed by atoms with van der Waals surface area (Å²) in [6.45, 7) is 1.15. The molecule has 0 unspecified atom stereocenters. The van der Waals surface area contributed by atoms with Gasteiger partial charge in [0, 0.05) is 25.0 Å². The predicted octanol–water partition coefficient (Wildman–Crippen LogP) is 2.60. The van der Waals surface area contributed by atoms with Crippen molar-refractivity contribution < 1.29 is 13.2 Å². The molecule has 1 N–H and O–H groups in total. The third-order valence-electron chi connectivity index (χ3n) is 6.18. The standard InChI is InChI=1S/C20H28N2O3S/c1-26(24,25)21-15-10-11-22(13-15)20(23)19-12-18(19)17-9-5-4-8-16(17)14-6-2-3-7-14/h4-5,8-9,14-15,18-19,21H,2-3,6-7,10-13H2,1H3/t15-,18-,19+/m0/s1. The summed E-state index contributed by atoms with van der Waals surface area (Å²) in [6, 6.07) is 8.54. The first-order valence-electron chi connectivity index (χ1n) is 9.77. The first-order chi connectivity index (χ1) is 12.4. The topological polar surface area (TPSA) is 66.5 Å². The highest BCUT2D eigenvalue weighted by atomic mass is 32.2. The number of amides is 1. The molecule has 1 saturated heterocycles. The smallest absolute Gasteiger partial charge is 0.226 e. The van der Waals surface area contributed by atoms with Crippen LogP contribution in [0.3, 0.4) is 0 Å². The van der Waals surface area contributed by atoms with E-state index in [2.05, 4.69) is 29.0 Å². The van der Waals surface area contributed by atoms with E-state index in [4.69, 9.17) is 0 Å². The Kier molecular flexibility index (Phi) is 4.82. The number of benzene rings is 1. The van der Waals surface area contributed by atoms with Crippen LogP contribution in [0.5, 0.6) is 0 Å². The lowest BCUT2D eigenvalue weighted by molar-refractivity contribution is -0.131. The van der Waals surface area contributed by atoms with Gasteiger partial charge < -0.3 is 4.90 Å². The van der Waals surface area contributed by atoms with E-state index in [0.29, 0.717) is 31.3 Å². The molecule has 142 valence electrons. The van der Waals surface area contributed by atoms with Gasteiger partial charge in [-0.15, -0.1) is 0 Å². The summed E-state index contributed by atoms with van der Waals surface area (Å²) < 4.78 is 25.4. The highest BCUT2D eigenvalue weighted by molar-refractivity contribution is 7.88. The Bertz CT molecular complexity index is 786. The van der Waals surface area contributed by atoms with Crippen molar-refractivity contribution in [1.29, 1.82) is 0 Å². The lowest BCUT2D eigenvalue weighted by Crippen LogP contribution is -2.38. The molecule has 0 aromatic heterocycles. The highest BCUT2D eigenvalue weighted by Crippen LogP contribution is 2.52. The maximum absolute atomic E-state index is 12.9. The van der Waals surface area contributed by atoms with Gasteiger partial charge in [-0.25, -0.2) is 13.1 Å². The van der Waals surface area contributed by atoms with Crippen LogP contribution in [0, 0.1) is 5.92 Å². The second-order valence-corrected chi connectivity index (χ2v) is 10.00. The van der Waals surface area contributed by atoms with Crippen LogP contribution in [0.15, 0.2) is 24.3 Å². The minimum atomic E-state index is -3.22. The van der Waals surface area contributed by atoms with E-state index < -0.39 is 10.0 Å². The number of sulfonamides is 1. The lowest BCUT2D eigenvalue weighted by Gasteiger charge is -2.18. The van der Waals surface area contributed by atoms with Gasteiger partial charge in [-0.3, -0.25) is 4.79 Å². The van der Waals surface area contributed by atoms with Gasteiger partial charge in [0.05, 0.1) is 6.26 Å². The summed E-state index contributed by atoms with van der Waals surface area (Å²) in [5.74, 6) is 1.29. The normalized spacial score (nSPS) is 29.3. The zero-order valence-electron chi connectivity index (χ0n) is 15.4. The second kappa shape index (κ2) is 6.97. The molecule has 3 fully saturated rings. The highest BCUT2D eigenvalue weighted by Gasteiger charge is 2.48. The molecule has 1 aliphatic heterocycles. The van der Waals surface area contributed by atoms with Crippen LogP contribution < -0.4 is 4.72 Å². The number of hydrogen-bond acceptors (Lipinski definition) is 3. The molecule has 4 rings (SSSR count). The summed E-state index contributed by atoms with van der Waals surface area (Å²) >= 11 is 0. The van der Waals surface area contributed by atoms with Gasteiger partial charge in [0.1, 0.15) is 0 Å². The third kappa shape index (κ3) is 3.81. The van der Waals surface area contributed by atoms with E-state index in [9.17, 15) is 13.2 Å². The van der Waals surface area contributed by atoms with Crippen molar-refractivity contribution in [1.82, 2.24) is 9.62 Å². The van der Waals surface area contributed by atoms with Gasteiger partial charge in [-0.05, 0) is 48.6 Å². The van der Waals surface area contributed by atoms with Crippen LogP contribution in [-0.2, 0) is 14.8 Å². The number of carbonyl (C=O) groups excluding carboxylic acids is 1. The summed E-state index contributed by atoms with van der Waals surface area (Å²) in [5.41, 5.74) is 2.84. The maximum atomic E-state index is 12.9. The molecule has 0 bridgehead atoms. The molecule has 1 aromatic carbocycles. The molecule has 2 aliphatic carbocycles. The second-order valence-electron chi connectivity index (χ2n) is 8.22. The first-order valence-corrected chi connectivity index (χ1v) is 11.7. The number of rotatable bonds is 5. The molecular weight excluding hydrogens is 348 g/mol. The van der Waals surface area contributed by atoms with Crippen molar-refractivity contribution in [2.75, 3.05) is 19.3 Å². The van der Waals surface area contributed by atoms with Crippen molar-refractivity contribution in [3.05, 3.63) is 35.4 Å². The zero-order chi connectivity index (χ0) is 18.3. The van der Waals surface area contributed by atoms with Crippen molar-refractivity contribution in [3.8, 4) is 0 Å². The molecule has 3 aliphatic rings. The van der Waals surface area contributed by atoms with Crippen LogP contribution in [-0.4, -0.2) is 44.6 Å². The minimum Gasteiger partial charge on any atom is -0.341 e. The van der Waals surface area contributed by atoms with Crippen molar-refractivity contribution in [2.45, 2.75) is 56.4 Å². The fraction of sp³-hybridized carbons (Fsp3) is 0.650. The Hall–Kier alpha value is -1.40. The van der Waals surface area contributed by atoms with Crippen LogP contribution >= 0.6 is 0 Å². The summed E-state index contributed by atoms with van der Waals surface area (Å²) in [7, 11) is -3.22. The Labute approximate surface area is 156 Å². The molecule has 1 amide bonds. The molecule has 0 spiro atoms. The van der Waals surface area contributed by atoms with Gasteiger partial charge in [0.25, 0.3) is 0 Å². The largest absolute Gasteiger partial charge is 0.341 e. The first kappa shape index (κ1) is 18.0. The van der Waals surface area contributed by atoms with E-state index in [-0.39, 0.29) is 17.9 Å². The number of hydrogen-bond donors (Lipinski definition) is 1. The van der Waals surface area contributed by atoms with Crippen LogP contribution in [0.2, 0.25) is 0 Å². The SMILES string of the molecule is CS(=O)(=O)N[C@H]1CCN(C(=O)[C@@H]2C[C@H]2c2ccccc2C2CCCC2)C1. The Balaban J connectivity index is 1.41. The summed E-state index contributed by atoms with van der Waals surface area (Å²) in [6.07, 6.45) is 7.98. The average Bonchev–Trinajstić information content (AvgIpc) is 2.98. The fourth-order valence-corrected chi connectivity index (χ4v) is 5.66.